The van der Waals surface area contributed by atoms with Gasteiger partial charge < -0.3 is 10.1 Å². The zero-order valence-electron chi connectivity index (χ0n) is 9.61. The SMILES string of the molecule is c1ccc2c(c1)CCC2NCC1CCOC1. The fourth-order valence-electron chi connectivity index (χ4n) is 2.82. The summed E-state index contributed by atoms with van der Waals surface area (Å²) in [6.07, 6.45) is 3.71. The average molecular weight is 217 g/mol. The number of hydrogen-bond acceptors (Lipinski definition) is 2. The van der Waals surface area contributed by atoms with E-state index in [4.69, 9.17) is 4.74 Å². The lowest BCUT2D eigenvalue weighted by Crippen LogP contribution is -2.26. The van der Waals surface area contributed by atoms with Gasteiger partial charge in [-0.1, -0.05) is 24.3 Å². The highest BCUT2D eigenvalue weighted by atomic mass is 16.5. The van der Waals surface area contributed by atoms with Gasteiger partial charge in [0.15, 0.2) is 0 Å². The molecule has 0 amide bonds. The molecule has 0 spiro atoms. The molecule has 0 bridgehead atoms. The van der Waals surface area contributed by atoms with E-state index in [0.29, 0.717) is 6.04 Å². The van der Waals surface area contributed by atoms with E-state index in [2.05, 4.69) is 29.6 Å². The number of benzene rings is 1. The first-order valence-corrected chi connectivity index (χ1v) is 6.32. The largest absolute Gasteiger partial charge is 0.381 e. The highest BCUT2D eigenvalue weighted by Crippen LogP contribution is 2.30. The van der Waals surface area contributed by atoms with Gasteiger partial charge in [-0.2, -0.15) is 0 Å². The van der Waals surface area contributed by atoms with E-state index in [1.54, 1.807) is 0 Å². The highest BCUT2D eigenvalue weighted by Gasteiger charge is 2.23. The van der Waals surface area contributed by atoms with Crippen molar-refractivity contribution in [3.63, 3.8) is 0 Å². The molecule has 1 N–H and O–H groups in total. The molecular formula is C14H19NO. The molecule has 2 nitrogen and oxygen atoms in total. The van der Waals surface area contributed by atoms with Crippen molar-refractivity contribution in [1.82, 2.24) is 5.32 Å². The second-order valence-corrected chi connectivity index (χ2v) is 4.93. The summed E-state index contributed by atoms with van der Waals surface area (Å²) in [5, 5.41) is 3.70. The predicted molar refractivity (Wildman–Crippen MR) is 64.4 cm³/mol. The van der Waals surface area contributed by atoms with Gasteiger partial charge in [-0.3, -0.25) is 0 Å². The minimum Gasteiger partial charge on any atom is -0.381 e. The minimum atomic E-state index is 0.580. The molecule has 1 fully saturated rings. The molecule has 1 saturated heterocycles. The Bertz CT molecular complexity index is 358. The van der Waals surface area contributed by atoms with Crippen LogP contribution in [-0.4, -0.2) is 19.8 Å². The van der Waals surface area contributed by atoms with E-state index in [1.807, 2.05) is 0 Å². The topological polar surface area (TPSA) is 21.3 Å². The molecule has 86 valence electrons. The first kappa shape index (κ1) is 10.3. The van der Waals surface area contributed by atoms with Crippen LogP contribution in [0.1, 0.15) is 30.0 Å². The Hall–Kier alpha value is -0.860. The molecule has 0 aromatic heterocycles. The standard InChI is InChI=1S/C14H19NO/c1-2-4-13-12(3-1)5-6-14(13)15-9-11-7-8-16-10-11/h1-4,11,14-15H,5-10H2. The van der Waals surface area contributed by atoms with Gasteiger partial charge >= 0.3 is 0 Å². The van der Waals surface area contributed by atoms with Crippen molar-refractivity contribution >= 4 is 0 Å². The van der Waals surface area contributed by atoms with Crippen molar-refractivity contribution in [1.29, 1.82) is 0 Å². The van der Waals surface area contributed by atoms with Crippen molar-refractivity contribution in [2.24, 2.45) is 5.92 Å². The fraction of sp³-hybridized carbons (Fsp3) is 0.571. The van der Waals surface area contributed by atoms with E-state index in [-0.39, 0.29) is 0 Å². The Kier molecular flexibility index (Phi) is 2.94. The smallest absolute Gasteiger partial charge is 0.0507 e. The van der Waals surface area contributed by atoms with Gasteiger partial charge in [-0.15, -0.1) is 0 Å². The van der Waals surface area contributed by atoms with Crippen LogP contribution in [0.4, 0.5) is 0 Å². The monoisotopic (exact) mass is 217 g/mol. The Morgan fingerprint density at radius 2 is 2.19 bits per heavy atom. The Balaban J connectivity index is 1.60. The van der Waals surface area contributed by atoms with E-state index in [0.717, 1.165) is 25.7 Å². The number of rotatable bonds is 3. The van der Waals surface area contributed by atoms with Crippen LogP contribution in [0.5, 0.6) is 0 Å². The Morgan fingerprint density at radius 3 is 3.06 bits per heavy atom. The molecule has 1 aromatic rings. The van der Waals surface area contributed by atoms with Crippen LogP contribution >= 0.6 is 0 Å². The molecule has 2 atom stereocenters. The molecule has 0 radical (unpaired) electrons. The molecular weight excluding hydrogens is 198 g/mol. The van der Waals surface area contributed by atoms with Gasteiger partial charge in [-0.05, 0) is 36.3 Å². The van der Waals surface area contributed by atoms with Crippen LogP contribution < -0.4 is 5.32 Å². The van der Waals surface area contributed by atoms with Crippen LogP contribution in [0.2, 0.25) is 0 Å². The number of nitrogens with one attached hydrogen (secondary N) is 1. The van der Waals surface area contributed by atoms with Crippen molar-refractivity contribution in [3.8, 4) is 0 Å². The first-order valence-electron chi connectivity index (χ1n) is 6.32. The summed E-state index contributed by atoms with van der Waals surface area (Å²) in [7, 11) is 0. The first-order chi connectivity index (χ1) is 7.93. The summed E-state index contributed by atoms with van der Waals surface area (Å²) in [5.74, 6) is 0.729. The highest BCUT2D eigenvalue weighted by molar-refractivity contribution is 5.34. The summed E-state index contributed by atoms with van der Waals surface area (Å²) >= 11 is 0. The predicted octanol–water partition coefficient (Wildman–Crippen LogP) is 2.30. The molecule has 2 unspecified atom stereocenters. The van der Waals surface area contributed by atoms with E-state index in [9.17, 15) is 0 Å². The van der Waals surface area contributed by atoms with Crippen LogP contribution in [-0.2, 0) is 11.2 Å². The molecule has 16 heavy (non-hydrogen) atoms. The maximum atomic E-state index is 5.40. The van der Waals surface area contributed by atoms with Crippen LogP contribution in [0.25, 0.3) is 0 Å². The quantitative estimate of drug-likeness (QED) is 0.839. The normalized spacial score (nSPS) is 28.2. The van der Waals surface area contributed by atoms with E-state index in [1.165, 1.54) is 30.4 Å². The summed E-state index contributed by atoms with van der Waals surface area (Å²) in [4.78, 5) is 0. The molecule has 1 aromatic carbocycles. The summed E-state index contributed by atoms with van der Waals surface area (Å²) in [6, 6.07) is 9.40. The van der Waals surface area contributed by atoms with E-state index < -0.39 is 0 Å². The minimum absolute atomic E-state index is 0.580. The van der Waals surface area contributed by atoms with Crippen LogP contribution in [0.15, 0.2) is 24.3 Å². The van der Waals surface area contributed by atoms with Crippen molar-refractivity contribution in [3.05, 3.63) is 35.4 Å². The Labute approximate surface area is 97.0 Å². The van der Waals surface area contributed by atoms with Crippen LogP contribution in [0.3, 0.4) is 0 Å². The zero-order chi connectivity index (χ0) is 10.8. The number of hydrogen-bond donors (Lipinski definition) is 1. The van der Waals surface area contributed by atoms with Gasteiger partial charge in [-0.25, -0.2) is 0 Å². The van der Waals surface area contributed by atoms with Crippen molar-refractivity contribution in [2.75, 3.05) is 19.8 Å². The maximum Gasteiger partial charge on any atom is 0.0507 e. The molecule has 2 heteroatoms. The Morgan fingerprint density at radius 1 is 1.25 bits per heavy atom. The fourth-order valence-corrected chi connectivity index (χ4v) is 2.82. The molecule has 1 heterocycles. The lowest BCUT2D eigenvalue weighted by molar-refractivity contribution is 0.184. The molecule has 3 rings (SSSR count). The second-order valence-electron chi connectivity index (χ2n) is 4.93. The summed E-state index contributed by atoms with van der Waals surface area (Å²) < 4.78 is 5.40. The zero-order valence-corrected chi connectivity index (χ0v) is 9.61. The molecule has 1 aliphatic heterocycles. The third-order valence-corrected chi connectivity index (χ3v) is 3.81. The van der Waals surface area contributed by atoms with Gasteiger partial charge in [0.05, 0.1) is 6.61 Å². The van der Waals surface area contributed by atoms with Crippen molar-refractivity contribution in [2.45, 2.75) is 25.3 Å². The lowest BCUT2D eigenvalue weighted by Gasteiger charge is -2.16. The van der Waals surface area contributed by atoms with Crippen LogP contribution in [0, 0.1) is 5.92 Å². The van der Waals surface area contributed by atoms with Gasteiger partial charge in [0, 0.05) is 19.2 Å². The summed E-state index contributed by atoms with van der Waals surface area (Å²) in [5.41, 5.74) is 3.05. The third-order valence-electron chi connectivity index (χ3n) is 3.81. The molecule has 1 aliphatic carbocycles. The molecule has 2 aliphatic rings. The average Bonchev–Trinajstić information content (AvgIpc) is 2.96. The number of ether oxygens (including phenoxy) is 1. The number of fused-ring (bicyclic) bond motifs is 1. The van der Waals surface area contributed by atoms with Gasteiger partial charge in [0.1, 0.15) is 0 Å². The van der Waals surface area contributed by atoms with Gasteiger partial charge in [0.2, 0.25) is 0 Å². The number of aryl methyl sites for hydroxylation is 1. The maximum absolute atomic E-state index is 5.40. The lowest BCUT2D eigenvalue weighted by atomic mass is 10.1. The van der Waals surface area contributed by atoms with E-state index >= 15 is 0 Å². The second kappa shape index (κ2) is 4.56. The summed E-state index contributed by atoms with van der Waals surface area (Å²) in [6.45, 7) is 3.01. The molecule has 0 saturated carbocycles. The van der Waals surface area contributed by atoms with Crippen molar-refractivity contribution < 1.29 is 4.74 Å². The van der Waals surface area contributed by atoms with Gasteiger partial charge in [0.25, 0.3) is 0 Å². The third kappa shape index (κ3) is 2.00.